The van der Waals surface area contributed by atoms with Crippen molar-refractivity contribution < 1.29 is 20.3 Å². The Morgan fingerprint density at radius 1 is 1.15 bits per heavy atom. The van der Waals surface area contributed by atoms with E-state index in [0.29, 0.717) is 6.42 Å². The fraction of sp³-hybridized carbons (Fsp3) is 0.333. The van der Waals surface area contributed by atoms with Crippen molar-refractivity contribution in [3.63, 3.8) is 0 Å². The van der Waals surface area contributed by atoms with Gasteiger partial charge in [-0.25, -0.2) is 9.78 Å². The molecular weight excluding hydrogens is 172 g/mol. The first-order valence-corrected chi connectivity index (χ1v) is 3.97. The van der Waals surface area contributed by atoms with Crippen molar-refractivity contribution in [2.45, 2.75) is 12.5 Å². The molecule has 72 valence electrons. The maximum Gasteiger partial charge on any atom is 0.123 e. The summed E-state index contributed by atoms with van der Waals surface area (Å²) in [6, 6.07) is 9.50. The lowest BCUT2D eigenvalue weighted by molar-refractivity contribution is -0.325. The van der Waals surface area contributed by atoms with E-state index in [1.54, 1.807) is 0 Å². The highest BCUT2D eigenvalue weighted by Gasteiger charge is 2.09. The molecule has 1 atom stereocenters. The van der Waals surface area contributed by atoms with Crippen LogP contribution >= 0.6 is 0 Å². The lowest BCUT2D eigenvalue weighted by Gasteiger charge is -2.10. The van der Waals surface area contributed by atoms with Gasteiger partial charge in [0.25, 0.3) is 0 Å². The molecule has 0 saturated heterocycles. The van der Waals surface area contributed by atoms with E-state index in [1.807, 2.05) is 30.3 Å². The Bertz CT molecular complexity index is 224. The summed E-state index contributed by atoms with van der Waals surface area (Å²) in [4.78, 5) is 7.99. The second-order valence-corrected chi connectivity index (χ2v) is 2.71. The molecule has 0 aliphatic rings. The van der Waals surface area contributed by atoms with Crippen LogP contribution in [0, 0.1) is 0 Å². The molecule has 0 spiro atoms. The standard InChI is InChI=1S/C9H12O4/c10-12-7-9(13-11)6-8-4-2-1-3-5-8/h1-5,9-11H,6-7H2. The molecule has 1 rings (SSSR count). The molecule has 4 heteroatoms. The maximum atomic E-state index is 8.43. The molecule has 13 heavy (non-hydrogen) atoms. The van der Waals surface area contributed by atoms with E-state index in [2.05, 4.69) is 9.78 Å². The molecule has 0 aromatic heterocycles. The zero-order valence-electron chi connectivity index (χ0n) is 7.09. The Morgan fingerprint density at radius 2 is 1.85 bits per heavy atom. The molecular formula is C9H12O4. The highest BCUT2D eigenvalue weighted by Crippen LogP contribution is 2.05. The van der Waals surface area contributed by atoms with Gasteiger partial charge in [-0.15, -0.1) is 0 Å². The fourth-order valence-corrected chi connectivity index (χ4v) is 1.09. The molecule has 0 aliphatic heterocycles. The third-order valence-electron chi connectivity index (χ3n) is 1.72. The fourth-order valence-electron chi connectivity index (χ4n) is 1.09. The van der Waals surface area contributed by atoms with E-state index < -0.39 is 6.10 Å². The number of hydrogen-bond acceptors (Lipinski definition) is 4. The summed E-state index contributed by atoms with van der Waals surface area (Å²) in [5.41, 5.74) is 1.01. The van der Waals surface area contributed by atoms with Crippen LogP contribution in [0.4, 0.5) is 0 Å². The van der Waals surface area contributed by atoms with Crippen LogP contribution in [-0.4, -0.2) is 23.2 Å². The van der Waals surface area contributed by atoms with Gasteiger partial charge in [0.2, 0.25) is 0 Å². The zero-order chi connectivity index (χ0) is 9.52. The predicted molar refractivity (Wildman–Crippen MR) is 46.2 cm³/mol. The molecule has 0 heterocycles. The molecule has 2 N–H and O–H groups in total. The Kier molecular flexibility index (Phi) is 4.42. The number of hydrogen-bond donors (Lipinski definition) is 2. The average Bonchev–Trinajstić information content (AvgIpc) is 2.19. The Balaban J connectivity index is 2.46. The smallest absolute Gasteiger partial charge is 0.123 e. The summed E-state index contributed by atoms with van der Waals surface area (Å²) in [5.74, 6) is 0. The minimum atomic E-state index is -0.535. The van der Waals surface area contributed by atoms with Gasteiger partial charge < -0.3 is 0 Å². The van der Waals surface area contributed by atoms with E-state index in [9.17, 15) is 0 Å². The minimum absolute atomic E-state index is 0.0502. The van der Waals surface area contributed by atoms with E-state index in [1.165, 1.54) is 0 Å². The normalized spacial score (nSPS) is 12.8. The van der Waals surface area contributed by atoms with E-state index in [-0.39, 0.29) is 6.61 Å². The highest BCUT2D eigenvalue weighted by atomic mass is 17.1. The van der Waals surface area contributed by atoms with Crippen molar-refractivity contribution in [1.29, 1.82) is 0 Å². The molecule has 0 radical (unpaired) electrons. The maximum absolute atomic E-state index is 8.43. The molecule has 1 aromatic carbocycles. The van der Waals surface area contributed by atoms with Crippen molar-refractivity contribution in [2.24, 2.45) is 0 Å². The van der Waals surface area contributed by atoms with Gasteiger partial charge in [-0.3, -0.25) is 10.5 Å². The molecule has 0 bridgehead atoms. The molecule has 1 aromatic rings. The second kappa shape index (κ2) is 5.66. The van der Waals surface area contributed by atoms with Crippen molar-refractivity contribution >= 4 is 0 Å². The first-order valence-electron chi connectivity index (χ1n) is 3.97. The van der Waals surface area contributed by atoms with Crippen LogP contribution in [0.2, 0.25) is 0 Å². The van der Waals surface area contributed by atoms with Gasteiger partial charge in [0.1, 0.15) is 12.7 Å². The van der Waals surface area contributed by atoms with Gasteiger partial charge in [0.15, 0.2) is 0 Å². The topological polar surface area (TPSA) is 58.9 Å². The van der Waals surface area contributed by atoms with Crippen LogP contribution in [0.25, 0.3) is 0 Å². The van der Waals surface area contributed by atoms with Gasteiger partial charge in [-0.05, 0) is 5.56 Å². The molecule has 0 fully saturated rings. The summed E-state index contributed by atoms with van der Waals surface area (Å²) in [6.07, 6.45) is -0.0369. The largest absolute Gasteiger partial charge is 0.252 e. The number of benzene rings is 1. The Labute approximate surface area is 76.2 Å². The lowest BCUT2D eigenvalue weighted by atomic mass is 10.1. The van der Waals surface area contributed by atoms with Gasteiger partial charge in [0.05, 0.1) is 0 Å². The lowest BCUT2D eigenvalue weighted by Crippen LogP contribution is -2.20. The van der Waals surface area contributed by atoms with Crippen LogP contribution in [0.1, 0.15) is 5.56 Å². The minimum Gasteiger partial charge on any atom is -0.252 e. The second-order valence-electron chi connectivity index (χ2n) is 2.71. The summed E-state index contributed by atoms with van der Waals surface area (Å²) in [7, 11) is 0. The van der Waals surface area contributed by atoms with Crippen LogP contribution in [0.5, 0.6) is 0 Å². The van der Waals surface area contributed by atoms with Crippen LogP contribution < -0.4 is 0 Å². The Hall–Kier alpha value is -0.940. The quantitative estimate of drug-likeness (QED) is 0.538. The van der Waals surface area contributed by atoms with Crippen LogP contribution in [0.15, 0.2) is 30.3 Å². The van der Waals surface area contributed by atoms with Gasteiger partial charge in [-0.1, -0.05) is 30.3 Å². The first-order chi connectivity index (χ1) is 6.36. The van der Waals surface area contributed by atoms with E-state index in [4.69, 9.17) is 10.5 Å². The van der Waals surface area contributed by atoms with Gasteiger partial charge >= 0.3 is 0 Å². The van der Waals surface area contributed by atoms with Crippen molar-refractivity contribution in [3.8, 4) is 0 Å². The van der Waals surface area contributed by atoms with E-state index in [0.717, 1.165) is 5.56 Å². The Morgan fingerprint density at radius 3 is 2.38 bits per heavy atom. The third-order valence-corrected chi connectivity index (χ3v) is 1.72. The van der Waals surface area contributed by atoms with Gasteiger partial charge in [0, 0.05) is 6.42 Å². The van der Waals surface area contributed by atoms with Crippen molar-refractivity contribution in [1.82, 2.24) is 0 Å². The summed E-state index contributed by atoms with van der Waals surface area (Å²) < 4.78 is 0. The molecule has 0 aliphatic carbocycles. The summed E-state index contributed by atoms with van der Waals surface area (Å²) in [6.45, 7) is -0.0502. The predicted octanol–water partition coefficient (Wildman–Crippen LogP) is 1.58. The first kappa shape index (κ1) is 10.1. The monoisotopic (exact) mass is 184 g/mol. The van der Waals surface area contributed by atoms with Crippen LogP contribution in [-0.2, 0) is 16.2 Å². The van der Waals surface area contributed by atoms with Crippen LogP contribution in [0.3, 0.4) is 0 Å². The van der Waals surface area contributed by atoms with Gasteiger partial charge in [-0.2, -0.15) is 0 Å². The molecule has 0 saturated carbocycles. The van der Waals surface area contributed by atoms with Crippen molar-refractivity contribution in [2.75, 3.05) is 6.61 Å². The molecule has 0 amide bonds. The van der Waals surface area contributed by atoms with Crippen molar-refractivity contribution in [3.05, 3.63) is 35.9 Å². The highest BCUT2D eigenvalue weighted by molar-refractivity contribution is 5.15. The number of rotatable bonds is 5. The van der Waals surface area contributed by atoms with E-state index >= 15 is 0 Å². The summed E-state index contributed by atoms with van der Waals surface area (Å²) >= 11 is 0. The average molecular weight is 184 g/mol. The third kappa shape index (κ3) is 3.52. The SMILES string of the molecule is OOCC(Cc1ccccc1)OO. The molecule has 1 unspecified atom stereocenters. The summed E-state index contributed by atoms with van der Waals surface area (Å²) in [5, 5.41) is 16.6. The molecule has 4 nitrogen and oxygen atoms in total. The zero-order valence-corrected chi connectivity index (χ0v) is 7.09.